The number of halogens is 1. The number of hydrogen-bond donors (Lipinski definition) is 2. The van der Waals surface area contributed by atoms with E-state index in [1.165, 1.54) is 25.7 Å². The highest BCUT2D eigenvalue weighted by molar-refractivity contribution is 5.93. The average molecular weight is 398 g/mol. The normalized spacial score (nSPS) is 24.3. The van der Waals surface area contributed by atoms with Gasteiger partial charge in [0.15, 0.2) is 5.69 Å². The molecule has 2 fully saturated rings. The lowest BCUT2D eigenvalue weighted by Gasteiger charge is -2.37. The Balaban J connectivity index is 0.00000261. The molecule has 1 saturated heterocycles. The SMILES string of the molecule is Cc1c(C(=O)NCC2CCC(C(C)(C)C)CC2)nnn1C1CCNCC1.Cl. The molecule has 0 spiro atoms. The van der Waals surface area contributed by atoms with Crippen LogP contribution in [0.4, 0.5) is 0 Å². The molecule has 1 aromatic heterocycles. The van der Waals surface area contributed by atoms with Crippen molar-refractivity contribution >= 4 is 18.3 Å². The number of hydrogen-bond acceptors (Lipinski definition) is 4. The standard InChI is InChI=1S/C20H35N5O.ClH/c1-14-18(23-24-25(14)17-9-11-21-12-10-17)19(26)22-13-15-5-7-16(8-6-15)20(2,3)4;/h15-17,21H,5-13H2,1-4H3,(H,22,26);1H. The maximum Gasteiger partial charge on any atom is 0.273 e. The molecule has 1 saturated carbocycles. The first-order valence-corrected chi connectivity index (χ1v) is 10.3. The van der Waals surface area contributed by atoms with E-state index in [1.54, 1.807) is 0 Å². The Morgan fingerprint density at radius 1 is 1.15 bits per heavy atom. The first-order valence-electron chi connectivity index (χ1n) is 10.3. The number of rotatable bonds is 4. The zero-order chi connectivity index (χ0) is 18.7. The zero-order valence-electron chi connectivity index (χ0n) is 17.3. The van der Waals surface area contributed by atoms with Gasteiger partial charge >= 0.3 is 0 Å². The largest absolute Gasteiger partial charge is 0.350 e. The quantitative estimate of drug-likeness (QED) is 0.815. The Morgan fingerprint density at radius 3 is 2.37 bits per heavy atom. The van der Waals surface area contributed by atoms with Gasteiger partial charge in [0.05, 0.1) is 11.7 Å². The summed E-state index contributed by atoms with van der Waals surface area (Å²) in [7, 11) is 0. The zero-order valence-corrected chi connectivity index (χ0v) is 18.1. The van der Waals surface area contributed by atoms with Crippen molar-refractivity contribution in [1.82, 2.24) is 25.6 Å². The fourth-order valence-electron chi connectivity index (χ4n) is 4.50. The number of nitrogens with zero attached hydrogens (tertiary/aromatic N) is 3. The van der Waals surface area contributed by atoms with Crippen molar-refractivity contribution in [2.24, 2.45) is 17.3 Å². The van der Waals surface area contributed by atoms with Gasteiger partial charge in [-0.25, -0.2) is 4.68 Å². The van der Waals surface area contributed by atoms with E-state index in [2.05, 4.69) is 41.7 Å². The van der Waals surface area contributed by atoms with E-state index >= 15 is 0 Å². The highest BCUT2D eigenvalue weighted by atomic mass is 35.5. The van der Waals surface area contributed by atoms with Gasteiger partial charge in [-0.3, -0.25) is 4.79 Å². The van der Waals surface area contributed by atoms with Crippen molar-refractivity contribution in [2.75, 3.05) is 19.6 Å². The van der Waals surface area contributed by atoms with E-state index in [9.17, 15) is 4.79 Å². The van der Waals surface area contributed by atoms with Crippen molar-refractivity contribution in [3.63, 3.8) is 0 Å². The van der Waals surface area contributed by atoms with Crippen molar-refractivity contribution in [1.29, 1.82) is 0 Å². The number of amides is 1. The summed E-state index contributed by atoms with van der Waals surface area (Å²) in [6, 6.07) is 0.359. The third kappa shape index (κ3) is 5.44. The Morgan fingerprint density at radius 2 is 1.78 bits per heavy atom. The van der Waals surface area contributed by atoms with Gasteiger partial charge in [-0.05, 0) is 75.8 Å². The maximum absolute atomic E-state index is 12.6. The predicted octanol–water partition coefficient (Wildman–Crippen LogP) is 3.52. The van der Waals surface area contributed by atoms with E-state index in [-0.39, 0.29) is 18.3 Å². The molecule has 2 N–H and O–H groups in total. The molecule has 2 heterocycles. The minimum Gasteiger partial charge on any atom is -0.350 e. The number of nitrogens with one attached hydrogen (secondary N) is 2. The van der Waals surface area contributed by atoms with Gasteiger partial charge in [-0.2, -0.15) is 0 Å². The summed E-state index contributed by atoms with van der Waals surface area (Å²) in [4.78, 5) is 12.6. The van der Waals surface area contributed by atoms with Gasteiger partial charge in [0.2, 0.25) is 0 Å². The van der Waals surface area contributed by atoms with E-state index in [0.29, 0.717) is 23.1 Å². The monoisotopic (exact) mass is 397 g/mol. The Bertz CT molecular complexity index is 610. The molecule has 7 heteroatoms. The maximum atomic E-state index is 12.6. The molecule has 3 rings (SSSR count). The fraction of sp³-hybridized carbons (Fsp3) is 0.850. The van der Waals surface area contributed by atoms with Crippen molar-refractivity contribution in [3.8, 4) is 0 Å². The van der Waals surface area contributed by atoms with Gasteiger partial charge in [0.1, 0.15) is 0 Å². The van der Waals surface area contributed by atoms with Crippen LogP contribution in [0.3, 0.4) is 0 Å². The van der Waals surface area contributed by atoms with Crippen molar-refractivity contribution < 1.29 is 4.79 Å². The summed E-state index contributed by atoms with van der Waals surface area (Å²) in [5.41, 5.74) is 1.79. The van der Waals surface area contributed by atoms with Crippen LogP contribution in [0, 0.1) is 24.2 Å². The van der Waals surface area contributed by atoms with E-state index in [0.717, 1.165) is 44.1 Å². The van der Waals surface area contributed by atoms with Crippen molar-refractivity contribution in [2.45, 2.75) is 72.3 Å². The van der Waals surface area contributed by atoms with E-state index in [1.807, 2.05) is 11.6 Å². The summed E-state index contributed by atoms with van der Waals surface area (Å²) in [5.74, 6) is 1.33. The molecule has 1 aromatic rings. The van der Waals surface area contributed by atoms with E-state index < -0.39 is 0 Å². The second-order valence-corrected chi connectivity index (χ2v) is 9.24. The Kier molecular flexibility index (Phi) is 7.69. The molecule has 27 heavy (non-hydrogen) atoms. The molecule has 0 bridgehead atoms. The van der Waals surface area contributed by atoms with Crippen LogP contribution in [0.2, 0.25) is 0 Å². The van der Waals surface area contributed by atoms with Gasteiger partial charge in [0.25, 0.3) is 5.91 Å². The topological polar surface area (TPSA) is 71.8 Å². The molecule has 0 radical (unpaired) electrons. The number of carbonyl (C=O) groups excluding carboxylic acids is 1. The van der Waals surface area contributed by atoms with Crippen molar-refractivity contribution in [3.05, 3.63) is 11.4 Å². The molecular weight excluding hydrogens is 362 g/mol. The number of piperidine rings is 1. The minimum atomic E-state index is -0.0689. The first-order chi connectivity index (χ1) is 12.4. The number of aromatic nitrogens is 3. The van der Waals surface area contributed by atoms with Crippen LogP contribution in [0.25, 0.3) is 0 Å². The molecular formula is C20H36ClN5O. The lowest BCUT2D eigenvalue weighted by atomic mass is 9.70. The van der Waals surface area contributed by atoms with Crippen LogP contribution in [0.15, 0.2) is 0 Å². The number of carbonyl (C=O) groups is 1. The molecule has 0 aromatic carbocycles. The predicted molar refractivity (Wildman–Crippen MR) is 110 cm³/mol. The second kappa shape index (κ2) is 9.37. The van der Waals surface area contributed by atoms with Gasteiger partial charge in [-0.15, -0.1) is 17.5 Å². The van der Waals surface area contributed by atoms with Crippen LogP contribution in [-0.4, -0.2) is 40.5 Å². The third-order valence-electron chi connectivity index (χ3n) is 6.42. The second-order valence-electron chi connectivity index (χ2n) is 9.24. The molecule has 6 nitrogen and oxygen atoms in total. The molecule has 1 amide bonds. The fourth-order valence-corrected chi connectivity index (χ4v) is 4.50. The van der Waals surface area contributed by atoms with Crippen LogP contribution >= 0.6 is 12.4 Å². The lowest BCUT2D eigenvalue weighted by molar-refractivity contribution is 0.0925. The average Bonchev–Trinajstić information content (AvgIpc) is 3.01. The Hall–Kier alpha value is -1.14. The molecule has 0 atom stereocenters. The first kappa shape index (κ1) is 22.2. The summed E-state index contributed by atoms with van der Waals surface area (Å²) < 4.78 is 1.95. The van der Waals surface area contributed by atoms with Gasteiger partial charge < -0.3 is 10.6 Å². The van der Waals surface area contributed by atoms with Crippen LogP contribution in [0.1, 0.15) is 81.5 Å². The van der Waals surface area contributed by atoms with Gasteiger partial charge in [-0.1, -0.05) is 26.0 Å². The molecule has 1 aliphatic carbocycles. The molecule has 0 unspecified atom stereocenters. The summed E-state index contributed by atoms with van der Waals surface area (Å²) >= 11 is 0. The van der Waals surface area contributed by atoms with Crippen LogP contribution in [0.5, 0.6) is 0 Å². The van der Waals surface area contributed by atoms with E-state index in [4.69, 9.17) is 0 Å². The molecule has 2 aliphatic rings. The highest BCUT2D eigenvalue weighted by Gasteiger charge is 2.30. The minimum absolute atomic E-state index is 0. The molecule has 1 aliphatic heterocycles. The summed E-state index contributed by atoms with van der Waals surface area (Å²) in [5, 5.41) is 14.9. The molecule has 154 valence electrons. The lowest BCUT2D eigenvalue weighted by Crippen LogP contribution is -2.34. The highest BCUT2D eigenvalue weighted by Crippen LogP contribution is 2.39. The van der Waals surface area contributed by atoms with Gasteiger partial charge in [0, 0.05) is 6.54 Å². The third-order valence-corrected chi connectivity index (χ3v) is 6.42. The summed E-state index contributed by atoms with van der Waals surface area (Å²) in [6.45, 7) is 11.8. The summed E-state index contributed by atoms with van der Waals surface area (Å²) in [6.07, 6.45) is 7.06. The van der Waals surface area contributed by atoms with Crippen LogP contribution < -0.4 is 10.6 Å². The Labute approximate surface area is 169 Å². The van der Waals surface area contributed by atoms with Crippen LogP contribution in [-0.2, 0) is 0 Å². The smallest absolute Gasteiger partial charge is 0.273 e.